The quantitative estimate of drug-likeness (QED) is 0.497. The SMILES string of the molecule is CC1CCN(c2ccc(-n3ccc(=O)c(-c4ccnn4-c4ccccc4)n3)c(F)c2)C1=O. The van der Waals surface area contributed by atoms with Gasteiger partial charge >= 0.3 is 0 Å². The highest BCUT2D eigenvalue weighted by Gasteiger charge is 2.29. The monoisotopic (exact) mass is 429 g/mol. The molecule has 0 radical (unpaired) electrons. The average Bonchev–Trinajstić information content (AvgIpc) is 3.42. The van der Waals surface area contributed by atoms with Gasteiger partial charge in [-0.05, 0) is 42.8 Å². The van der Waals surface area contributed by atoms with Gasteiger partial charge < -0.3 is 4.90 Å². The van der Waals surface area contributed by atoms with E-state index in [1.165, 1.54) is 23.0 Å². The van der Waals surface area contributed by atoms with E-state index >= 15 is 4.39 Å². The lowest BCUT2D eigenvalue weighted by molar-refractivity contribution is -0.119. The van der Waals surface area contributed by atoms with Gasteiger partial charge in [0.05, 0.1) is 17.6 Å². The Bertz CT molecular complexity index is 1360. The van der Waals surface area contributed by atoms with E-state index in [2.05, 4.69) is 10.2 Å². The molecule has 1 saturated heterocycles. The first-order chi connectivity index (χ1) is 15.5. The molecule has 2 aromatic carbocycles. The summed E-state index contributed by atoms with van der Waals surface area (Å²) >= 11 is 0. The molecule has 4 aromatic rings. The third-order valence-electron chi connectivity index (χ3n) is 5.66. The van der Waals surface area contributed by atoms with Crippen molar-refractivity contribution >= 4 is 11.6 Å². The third-order valence-corrected chi connectivity index (χ3v) is 5.66. The number of benzene rings is 2. The van der Waals surface area contributed by atoms with Gasteiger partial charge in [0.2, 0.25) is 11.3 Å². The van der Waals surface area contributed by atoms with Crippen LogP contribution in [0.5, 0.6) is 0 Å². The second-order valence-corrected chi connectivity index (χ2v) is 7.75. The highest BCUT2D eigenvalue weighted by molar-refractivity contribution is 5.97. The van der Waals surface area contributed by atoms with Crippen molar-refractivity contribution in [2.75, 3.05) is 11.4 Å². The molecule has 1 aliphatic heterocycles. The Morgan fingerprint density at radius 3 is 2.53 bits per heavy atom. The summed E-state index contributed by atoms with van der Waals surface area (Å²) < 4.78 is 18.0. The van der Waals surface area contributed by atoms with Crippen LogP contribution in [-0.4, -0.2) is 32.0 Å². The molecule has 0 N–H and O–H groups in total. The predicted molar refractivity (Wildman–Crippen MR) is 118 cm³/mol. The third kappa shape index (κ3) is 3.39. The van der Waals surface area contributed by atoms with E-state index in [0.717, 1.165) is 12.1 Å². The molecule has 8 heteroatoms. The summed E-state index contributed by atoms with van der Waals surface area (Å²) in [7, 11) is 0. The number of aromatic nitrogens is 4. The fraction of sp³-hybridized carbons (Fsp3) is 0.167. The van der Waals surface area contributed by atoms with Crippen molar-refractivity contribution in [1.82, 2.24) is 19.6 Å². The fourth-order valence-corrected chi connectivity index (χ4v) is 3.91. The molecular weight excluding hydrogens is 409 g/mol. The van der Waals surface area contributed by atoms with E-state index in [0.29, 0.717) is 17.9 Å². The number of para-hydroxylation sites is 1. The zero-order valence-electron chi connectivity index (χ0n) is 17.4. The van der Waals surface area contributed by atoms with Crippen LogP contribution < -0.4 is 10.3 Å². The van der Waals surface area contributed by atoms with Gasteiger partial charge in [-0.2, -0.15) is 10.2 Å². The number of halogens is 1. The van der Waals surface area contributed by atoms with Gasteiger partial charge in [0.25, 0.3) is 0 Å². The average molecular weight is 429 g/mol. The number of anilines is 1. The van der Waals surface area contributed by atoms with E-state index in [9.17, 15) is 9.59 Å². The van der Waals surface area contributed by atoms with Crippen LogP contribution >= 0.6 is 0 Å². The standard InChI is InChI=1S/C24H20FN5O2/c1-16-10-13-28(24(16)32)18-7-8-20(19(25)15-18)29-14-11-22(31)23(27-29)21-9-12-26-30(21)17-5-3-2-4-6-17/h2-9,11-12,14-16H,10,13H2,1H3. The van der Waals surface area contributed by atoms with E-state index in [4.69, 9.17) is 0 Å². The Labute approximate surface area is 183 Å². The Morgan fingerprint density at radius 2 is 1.81 bits per heavy atom. The van der Waals surface area contributed by atoms with Gasteiger partial charge in [0.15, 0.2) is 11.5 Å². The predicted octanol–water partition coefficient (Wildman–Crippen LogP) is 3.60. The van der Waals surface area contributed by atoms with Crippen LogP contribution in [0.25, 0.3) is 22.8 Å². The van der Waals surface area contributed by atoms with Crippen LogP contribution in [0.1, 0.15) is 13.3 Å². The molecule has 5 rings (SSSR count). The van der Waals surface area contributed by atoms with E-state index in [-0.39, 0.29) is 28.6 Å². The minimum atomic E-state index is -0.534. The maximum absolute atomic E-state index is 15.0. The summed E-state index contributed by atoms with van der Waals surface area (Å²) in [6.07, 6.45) is 3.77. The lowest BCUT2D eigenvalue weighted by atomic mass is 10.1. The van der Waals surface area contributed by atoms with Crippen LogP contribution in [0.3, 0.4) is 0 Å². The first kappa shape index (κ1) is 19.9. The fourth-order valence-electron chi connectivity index (χ4n) is 3.91. The number of hydrogen-bond acceptors (Lipinski definition) is 4. The Balaban J connectivity index is 1.54. The minimum absolute atomic E-state index is 0.00454. The largest absolute Gasteiger partial charge is 0.312 e. The highest BCUT2D eigenvalue weighted by atomic mass is 19.1. The normalized spacial score (nSPS) is 16.0. The lowest BCUT2D eigenvalue weighted by Crippen LogP contribution is -2.26. The zero-order chi connectivity index (χ0) is 22.2. The molecule has 1 atom stereocenters. The molecule has 0 aliphatic carbocycles. The van der Waals surface area contributed by atoms with Crippen molar-refractivity contribution in [1.29, 1.82) is 0 Å². The Morgan fingerprint density at radius 1 is 1.00 bits per heavy atom. The molecule has 1 amide bonds. The summed E-state index contributed by atoms with van der Waals surface area (Å²) in [4.78, 5) is 26.5. The van der Waals surface area contributed by atoms with Crippen molar-refractivity contribution in [3.05, 3.63) is 89.1 Å². The van der Waals surface area contributed by atoms with E-state index < -0.39 is 5.82 Å². The number of nitrogens with zero attached hydrogens (tertiary/aromatic N) is 5. The maximum atomic E-state index is 15.0. The molecule has 0 spiro atoms. The van der Waals surface area contributed by atoms with Gasteiger partial charge in [0, 0.05) is 30.4 Å². The first-order valence-corrected chi connectivity index (χ1v) is 10.3. The molecule has 7 nitrogen and oxygen atoms in total. The van der Waals surface area contributed by atoms with Crippen LogP contribution in [-0.2, 0) is 4.79 Å². The Hall–Kier alpha value is -4.07. The van der Waals surface area contributed by atoms with E-state index in [1.54, 1.807) is 34.0 Å². The molecule has 3 heterocycles. The number of hydrogen-bond donors (Lipinski definition) is 0. The van der Waals surface area contributed by atoms with Crippen LogP contribution in [0.2, 0.25) is 0 Å². The Kier molecular flexibility index (Phi) is 4.89. The van der Waals surface area contributed by atoms with Crippen molar-refractivity contribution in [3.63, 3.8) is 0 Å². The topological polar surface area (TPSA) is 73.0 Å². The lowest BCUT2D eigenvalue weighted by Gasteiger charge is -2.17. The minimum Gasteiger partial charge on any atom is -0.312 e. The van der Waals surface area contributed by atoms with Gasteiger partial charge in [-0.25, -0.2) is 13.8 Å². The second-order valence-electron chi connectivity index (χ2n) is 7.75. The molecule has 0 bridgehead atoms. The van der Waals surface area contributed by atoms with Crippen molar-refractivity contribution in [2.45, 2.75) is 13.3 Å². The number of amides is 1. The van der Waals surface area contributed by atoms with Crippen molar-refractivity contribution in [3.8, 4) is 22.8 Å². The van der Waals surface area contributed by atoms with Crippen LogP contribution in [0.4, 0.5) is 10.1 Å². The number of carbonyl (C=O) groups excluding carboxylic acids is 1. The molecule has 1 unspecified atom stereocenters. The molecule has 32 heavy (non-hydrogen) atoms. The summed E-state index contributed by atoms with van der Waals surface area (Å²) in [6, 6.07) is 17.0. The van der Waals surface area contributed by atoms with Crippen LogP contribution in [0, 0.1) is 11.7 Å². The van der Waals surface area contributed by atoms with Gasteiger partial charge in [0.1, 0.15) is 5.69 Å². The van der Waals surface area contributed by atoms with Gasteiger partial charge in [-0.3, -0.25) is 9.59 Å². The van der Waals surface area contributed by atoms with E-state index in [1.807, 2.05) is 37.3 Å². The number of rotatable bonds is 4. The number of carbonyl (C=O) groups is 1. The molecule has 2 aromatic heterocycles. The molecule has 0 saturated carbocycles. The zero-order valence-corrected chi connectivity index (χ0v) is 17.4. The summed E-state index contributed by atoms with van der Waals surface area (Å²) in [5.41, 5.74) is 1.84. The van der Waals surface area contributed by atoms with Gasteiger partial charge in [-0.15, -0.1) is 0 Å². The van der Waals surface area contributed by atoms with Crippen molar-refractivity contribution in [2.24, 2.45) is 5.92 Å². The van der Waals surface area contributed by atoms with Gasteiger partial charge in [-0.1, -0.05) is 25.1 Å². The molecule has 160 valence electrons. The van der Waals surface area contributed by atoms with Crippen molar-refractivity contribution < 1.29 is 9.18 Å². The summed E-state index contributed by atoms with van der Waals surface area (Å²) in [6.45, 7) is 2.45. The summed E-state index contributed by atoms with van der Waals surface area (Å²) in [5.74, 6) is -0.598. The van der Waals surface area contributed by atoms with Crippen LogP contribution in [0.15, 0.2) is 77.9 Å². The molecule has 1 fully saturated rings. The maximum Gasteiger partial charge on any atom is 0.229 e. The smallest absolute Gasteiger partial charge is 0.229 e. The summed E-state index contributed by atoms with van der Waals surface area (Å²) in [5, 5.41) is 8.72. The second kappa shape index (κ2) is 7.88. The molecular formula is C24H20FN5O2. The first-order valence-electron chi connectivity index (χ1n) is 10.3. The molecule has 1 aliphatic rings. The highest BCUT2D eigenvalue weighted by Crippen LogP contribution is 2.27.